The molecule has 1 aromatic rings. The fourth-order valence-corrected chi connectivity index (χ4v) is 1.17. The lowest BCUT2D eigenvalue weighted by molar-refractivity contribution is -0.128. The normalized spacial score (nSPS) is 9.76. The van der Waals surface area contributed by atoms with Gasteiger partial charge in [0, 0.05) is 27.1 Å². The SMILES string of the molecule is CN(C)C(=O)CCNc1cnc(C(N)=S)cn1. The van der Waals surface area contributed by atoms with E-state index in [9.17, 15) is 4.79 Å². The fraction of sp³-hybridized carbons (Fsp3) is 0.400. The molecule has 0 atom stereocenters. The summed E-state index contributed by atoms with van der Waals surface area (Å²) in [6, 6.07) is 0. The van der Waals surface area contributed by atoms with Gasteiger partial charge in [0.15, 0.2) is 0 Å². The summed E-state index contributed by atoms with van der Waals surface area (Å²) in [4.78, 5) is 21.2. The molecule has 92 valence electrons. The van der Waals surface area contributed by atoms with E-state index in [1.807, 2.05) is 0 Å². The summed E-state index contributed by atoms with van der Waals surface area (Å²) in [6.07, 6.45) is 3.44. The third kappa shape index (κ3) is 4.31. The van der Waals surface area contributed by atoms with E-state index in [0.29, 0.717) is 24.5 Å². The maximum atomic E-state index is 11.3. The van der Waals surface area contributed by atoms with E-state index >= 15 is 0 Å². The number of nitrogens with zero attached hydrogens (tertiary/aromatic N) is 3. The Morgan fingerprint density at radius 1 is 1.47 bits per heavy atom. The van der Waals surface area contributed by atoms with Crippen molar-refractivity contribution < 1.29 is 4.79 Å². The molecular formula is C10H15N5OS. The van der Waals surface area contributed by atoms with Crippen molar-refractivity contribution in [2.24, 2.45) is 5.73 Å². The van der Waals surface area contributed by atoms with E-state index in [1.54, 1.807) is 19.0 Å². The number of carbonyl (C=O) groups is 1. The second-order valence-corrected chi connectivity index (χ2v) is 4.06. The summed E-state index contributed by atoms with van der Waals surface area (Å²) < 4.78 is 0. The van der Waals surface area contributed by atoms with E-state index in [1.165, 1.54) is 12.4 Å². The standard InChI is InChI=1S/C10H15N5OS/c1-15(2)9(16)3-4-12-8-6-13-7(5-14-8)10(11)17/h5-6H,3-4H2,1-2H3,(H2,11,17)(H,12,14). The van der Waals surface area contributed by atoms with Gasteiger partial charge in [-0.3, -0.25) is 4.79 Å². The first kappa shape index (κ1) is 13.3. The van der Waals surface area contributed by atoms with Gasteiger partial charge in [-0.15, -0.1) is 0 Å². The molecule has 0 fully saturated rings. The highest BCUT2D eigenvalue weighted by molar-refractivity contribution is 7.80. The minimum atomic E-state index is 0.0604. The summed E-state index contributed by atoms with van der Waals surface area (Å²) >= 11 is 4.76. The number of nitrogens with two attached hydrogens (primary N) is 1. The van der Waals surface area contributed by atoms with E-state index in [2.05, 4.69) is 15.3 Å². The summed E-state index contributed by atoms with van der Waals surface area (Å²) in [5.74, 6) is 0.654. The van der Waals surface area contributed by atoms with Gasteiger partial charge >= 0.3 is 0 Å². The van der Waals surface area contributed by atoms with Crippen molar-refractivity contribution in [2.75, 3.05) is 26.0 Å². The number of rotatable bonds is 5. The molecule has 0 radical (unpaired) electrons. The molecule has 1 amide bonds. The largest absolute Gasteiger partial charge is 0.388 e. The van der Waals surface area contributed by atoms with Crippen LogP contribution in [-0.2, 0) is 4.79 Å². The van der Waals surface area contributed by atoms with Gasteiger partial charge in [0.05, 0.1) is 12.4 Å². The maximum Gasteiger partial charge on any atom is 0.223 e. The number of anilines is 1. The lowest BCUT2D eigenvalue weighted by atomic mass is 10.4. The number of nitrogens with one attached hydrogen (secondary N) is 1. The molecule has 0 saturated carbocycles. The third-order valence-electron chi connectivity index (χ3n) is 2.05. The summed E-state index contributed by atoms with van der Waals surface area (Å²) in [7, 11) is 3.44. The van der Waals surface area contributed by atoms with Crippen LogP contribution < -0.4 is 11.1 Å². The van der Waals surface area contributed by atoms with Crippen LogP contribution >= 0.6 is 12.2 Å². The van der Waals surface area contributed by atoms with Gasteiger partial charge in [0.1, 0.15) is 16.5 Å². The topological polar surface area (TPSA) is 84.1 Å². The van der Waals surface area contributed by atoms with Crippen molar-refractivity contribution in [1.29, 1.82) is 0 Å². The molecule has 0 spiro atoms. The van der Waals surface area contributed by atoms with Crippen LogP contribution in [0, 0.1) is 0 Å². The molecule has 1 aromatic heterocycles. The van der Waals surface area contributed by atoms with Crippen molar-refractivity contribution in [1.82, 2.24) is 14.9 Å². The van der Waals surface area contributed by atoms with E-state index in [0.717, 1.165) is 0 Å². The van der Waals surface area contributed by atoms with Crippen molar-refractivity contribution in [3.05, 3.63) is 18.1 Å². The highest BCUT2D eigenvalue weighted by Crippen LogP contribution is 2.01. The van der Waals surface area contributed by atoms with E-state index in [-0.39, 0.29) is 10.9 Å². The highest BCUT2D eigenvalue weighted by Gasteiger charge is 2.04. The minimum absolute atomic E-state index is 0.0604. The predicted octanol–water partition coefficient (Wildman–Crippen LogP) is 0.001000. The molecule has 17 heavy (non-hydrogen) atoms. The van der Waals surface area contributed by atoms with Gasteiger partial charge < -0.3 is 16.0 Å². The summed E-state index contributed by atoms with van der Waals surface area (Å²) in [5, 5.41) is 2.99. The number of thiocarbonyl (C=S) groups is 1. The van der Waals surface area contributed by atoms with Gasteiger partial charge in [-0.1, -0.05) is 12.2 Å². The average Bonchev–Trinajstić information content (AvgIpc) is 2.29. The quantitative estimate of drug-likeness (QED) is 0.719. The van der Waals surface area contributed by atoms with E-state index in [4.69, 9.17) is 18.0 Å². The Morgan fingerprint density at radius 3 is 2.65 bits per heavy atom. The smallest absolute Gasteiger partial charge is 0.223 e. The van der Waals surface area contributed by atoms with Crippen LogP contribution in [0.3, 0.4) is 0 Å². The molecule has 7 heteroatoms. The number of hydrogen-bond donors (Lipinski definition) is 2. The average molecular weight is 253 g/mol. The molecule has 0 saturated heterocycles. The zero-order valence-corrected chi connectivity index (χ0v) is 10.6. The van der Waals surface area contributed by atoms with Gasteiger partial charge in [0.2, 0.25) is 5.91 Å². The second-order valence-electron chi connectivity index (χ2n) is 3.62. The molecule has 3 N–H and O–H groups in total. The maximum absolute atomic E-state index is 11.3. The first-order valence-corrected chi connectivity index (χ1v) is 5.47. The van der Waals surface area contributed by atoms with Gasteiger partial charge in [-0.25, -0.2) is 9.97 Å². The Bertz CT molecular complexity index is 404. The molecule has 0 aromatic carbocycles. The monoisotopic (exact) mass is 253 g/mol. The first-order chi connectivity index (χ1) is 8.00. The minimum Gasteiger partial charge on any atom is -0.388 e. The number of aromatic nitrogens is 2. The summed E-state index contributed by atoms with van der Waals surface area (Å²) in [6.45, 7) is 0.512. The van der Waals surface area contributed by atoms with Crippen LogP contribution in [0.15, 0.2) is 12.4 Å². The first-order valence-electron chi connectivity index (χ1n) is 5.06. The van der Waals surface area contributed by atoms with Crippen LogP contribution in [0.25, 0.3) is 0 Å². The second kappa shape index (κ2) is 6.09. The van der Waals surface area contributed by atoms with Crippen LogP contribution in [-0.4, -0.2) is 46.4 Å². The molecule has 0 aliphatic carbocycles. The van der Waals surface area contributed by atoms with Crippen molar-refractivity contribution in [2.45, 2.75) is 6.42 Å². The van der Waals surface area contributed by atoms with Crippen molar-refractivity contribution in [3.63, 3.8) is 0 Å². The van der Waals surface area contributed by atoms with Crippen LogP contribution in [0.4, 0.5) is 5.82 Å². The van der Waals surface area contributed by atoms with Gasteiger partial charge in [0.25, 0.3) is 0 Å². The predicted molar refractivity (Wildman–Crippen MR) is 69.7 cm³/mol. The third-order valence-corrected chi connectivity index (χ3v) is 2.26. The van der Waals surface area contributed by atoms with Gasteiger partial charge in [-0.05, 0) is 0 Å². The molecule has 0 unspecified atom stereocenters. The molecule has 0 bridgehead atoms. The van der Waals surface area contributed by atoms with Crippen molar-refractivity contribution in [3.8, 4) is 0 Å². The molecule has 1 rings (SSSR count). The van der Waals surface area contributed by atoms with Crippen molar-refractivity contribution >= 4 is 28.9 Å². The van der Waals surface area contributed by atoms with E-state index < -0.39 is 0 Å². The Morgan fingerprint density at radius 2 is 2.18 bits per heavy atom. The highest BCUT2D eigenvalue weighted by atomic mass is 32.1. The Hall–Kier alpha value is -1.76. The number of hydrogen-bond acceptors (Lipinski definition) is 5. The number of carbonyl (C=O) groups excluding carboxylic acids is 1. The zero-order valence-electron chi connectivity index (χ0n) is 9.80. The fourth-order valence-electron chi connectivity index (χ4n) is 1.07. The molecule has 6 nitrogen and oxygen atoms in total. The lowest BCUT2D eigenvalue weighted by Crippen LogP contribution is -2.24. The Labute approximate surface area is 105 Å². The zero-order chi connectivity index (χ0) is 12.8. The summed E-state index contributed by atoms with van der Waals surface area (Å²) in [5.41, 5.74) is 5.88. The number of amides is 1. The van der Waals surface area contributed by atoms with Crippen LogP contribution in [0.5, 0.6) is 0 Å². The molecule has 0 aliphatic rings. The van der Waals surface area contributed by atoms with Crippen LogP contribution in [0.1, 0.15) is 12.1 Å². The Kier molecular flexibility index (Phi) is 4.77. The Balaban J connectivity index is 2.42. The molecular weight excluding hydrogens is 238 g/mol. The van der Waals surface area contributed by atoms with Crippen LogP contribution in [0.2, 0.25) is 0 Å². The molecule has 0 aliphatic heterocycles. The lowest BCUT2D eigenvalue weighted by Gasteiger charge is -2.10. The van der Waals surface area contributed by atoms with Gasteiger partial charge in [-0.2, -0.15) is 0 Å². The molecule has 1 heterocycles.